The van der Waals surface area contributed by atoms with Gasteiger partial charge in [-0.3, -0.25) is 9.59 Å². The molecule has 0 saturated heterocycles. The molecule has 0 aliphatic carbocycles. The van der Waals surface area contributed by atoms with Crippen LogP contribution in [0.1, 0.15) is 22.3 Å². The van der Waals surface area contributed by atoms with E-state index in [0.717, 1.165) is 34.7 Å². The molecule has 0 aromatic heterocycles. The number of aryl methyl sites for hydroxylation is 4. The van der Waals surface area contributed by atoms with Gasteiger partial charge in [0.15, 0.2) is 0 Å². The van der Waals surface area contributed by atoms with Crippen LogP contribution in [0.15, 0.2) is 59.9 Å². The summed E-state index contributed by atoms with van der Waals surface area (Å²) in [6, 6.07) is 14.7. The lowest BCUT2D eigenvalue weighted by Crippen LogP contribution is -2.25. The van der Waals surface area contributed by atoms with Crippen molar-refractivity contribution < 1.29 is 9.59 Å². The van der Waals surface area contributed by atoms with Gasteiger partial charge in [-0.1, -0.05) is 12.1 Å². The molecule has 0 radical (unpaired) electrons. The second kappa shape index (κ2) is 11.0. The van der Waals surface area contributed by atoms with Crippen molar-refractivity contribution in [3.05, 3.63) is 82.2 Å². The first-order chi connectivity index (χ1) is 15.2. The van der Waals surface area contributed by atoms with Gasteiger partial charge in [0.1, 0.15) is 23.3 Å². The number of hydrogen-bond donors (Lipinski definition) is 4. The van der Waals surface area contributed by atoms with Crippen LogP contribution >= 0.6 is 0 Å². The van der Waals surface area contributed by atoms with E-state index < -0.39 is 11.8 Å². The maximum atomic E-state index is 12.3. The molecule has 0 aliphatic heterocycles. The predicted molar refractivity (Wildman–Crippen MR) is 123 cm³/mol. The molecule has 8 heteroatoms. The van der Waals surface area contributed by atoms with Crippen molar-refractivity contribution >= 4 is 23.2 Å². The fraction of sp³-hybridized carbons (Fsp3) is 0.167. The number of nitrogens with one attached hydrogen (secondary N) is 4. The van der Waals surface area contributed by atoms with E-state index in [9.17, 15) is 20.1 Å². The third-order valence-corrected chi connectivity index (χ3v) is 4.21. The van der Waals surface area contributed by atoms with Gasteiger partial charge in [-0.25, -0.2) is 0 Å². The van der Waals surface area contributed by atoms with Gasteiger partial charge in [0.25, 0.3) is 11.8 Å². The van der Waals surface area contributed by atoms with Gasteiger partial charge in [0.05, 0.1) is 0 Å². The van der Waals surface area contributed by atoms with Crippen molar-refractivity contribution in [2.45, 2.75) is 27.7 Å². The summed E-state index contributed by atoms with van der Waals surface area (Å²) in [6.07, 6.45) is 2.29. The highest BCUT2D eigenvalue weighted by atomic mass is 16.2. The predicted octanol–water partition coefficient (Wildman–Crippen LogP) is 3.41. The van der Waals surface area contributed by atoms with Crippen LogP contribution in [0.25, 0.3) is 0 Å². The third-order valence-electron chi connectivity index (χ3n) is 4.21. The highest BCUT2D eigenvalue weighted by Gasteiger charge is 2.11. The summed E-state index contributed by atoms with van der Waals surface area (Å²) in [7, 11) is 0. The van der Waals surface area contributed by atoms with Crippen molar-refractivity contribution in [2.24, 2.45) is 0 Å². The molecule has 4 N–H and O–H groups in total. The van der Waals surface area contributed by atoms with E-state index >= 15 is 0 Å². The molecule has 2 rings (SSSR count). The lowest BCUT2D eigenvalue weighted by atomic mass is 10.1. The summed E-state index contributed by atoms with van der Waals surface area (Å²) in [5.41, 5.74) is 9.76. The summed E-state index contributed by atoms with van der Waals surface area (Å²) in [5.74, 6) is -1.19. The van der Waals surface area contributed by atoms with Crippen molar-refractivity contribution in [1.82, 2.24) is 10.9 Å². The van der Waals surface area contributed by atoms with Crippen LogP contribution in [0.3, 0.4) is 0 Å². The van der Waals surface area contributed by atoms with Crippen LogP contribution in [-0.4, -0.2) is 11.8 Å². The number of nitriles is 2. The average molecular weight is 428 g/mol. The Bertz CT molecular complexity index is 1050. The maximum absolute atomic E-state index is 12.3. The molecular weight excluding hydrogens is 404 g/mol. The highest BCUT2D eigenvalue weighted by Crippen LogP contribution is 2.15. The number of carbonyl (C=O) groups is 2. The monoisotopic (exact) mass is 428 g/mol. The SMILES string of the molecule is Cc1cc(C)cc(NC(=O)/C(C#N)=C/NN/C=C(\C#N)C(=O)Nc2cc(C)cc(C)c2)c1. The Morgan fingerprint density at radius 1 is 0.656 bits per heavy atom. The first kappa shape index (κ1) is 23.7. The number of hydrogen-bond acceptors (Lipinski definition) is 6. The molecule has 0 saturated carbocycles. The van der Waals surface area contributed by atoms with Gasteiger partial charge in [-0.15, -0.1) is 0 Å². The lowest BCUT2D eigenvalue weighted by molar-refractivity contribution is -0.113. The molecule has 162 valence electrons. The second-order valence-corrected chi connectivity index (χ2v) is 7.29. The largest absolute Gasteiger partial charge is 0.321 e. The quantitative estimate of drug-likeness (QED) is 0.231. The number of anilines is 2. The summed E-state index contributed by atoms with van der Waals surface area (Å²) in [6.45, 7) is 7.63. The van der Waals surface area contributed by atoms with Crippen LogP contribution in [0, 0.1) is 50.4 Å². The second-order valence-electron chi connectivity index (χ2n) is 7.29. The number of benzene rings is 2. The topological polar surface area (TPSA) is 130 Å². The molecule has 2 aromatic carbocycles. The van der Waals surface area contributed by atoms with E-state index in [1.165, 1.54) is 0 Å². The first-order valence-electron chi connectivity index (χ1n) is 9.72. The van der Waals surface area contributed by atoms with Gasteiger partial charge in [0.2, 0.25) is 0 Å². The fourth-order valence-electron chi connectivity index (χ4n) is 3.02. The van der Waals surface area contributed by atoms with E-state index in [4.69, 9.17) is 0 Å². The Labute approximate surface area is 187 Å². The van der Waals surface area contributed by atoms with E-state index in [1.807, 2.05) is 39.8 Å². The van der Waals surface area contributed by atoms with Gasteiger partial charge < -0.3 is 21.5 Å². The minimum Gasteiger partial charge on any atom is -0.321 e. The van der Waals surface area contributed by atoms with Gasteiger partial charge >= 0.3 is 0 Å². The fourth-order valence-corrected chi connectivity index (χ4v) is 3.02. The van der Waals surface area contributed by atoms with Crippen molar-refractivity contribution in [1.29, 1.82) is 10.5 Å². The molecule has 0 aliphatic rings. The number of rotatable bonds is 7. The van der Waals surface area contributed by atoms with Gasteiger partial charge in [-0.05, 0) is 74.2 Å². The standard InChI is InChI=1S/C24H24N6O2/c1-15-5-16(2)8-21(7-15)29-23(31)19(11-25)13-27-28-14-20(12-26)24(32)30-22-9-17(3)6-18(4)10-22/h5-10,13-14,27-28H,1-4H3,(H,29,31)(H,30,32)/b19-13+,20-14+. The van der Waals surface area contributed by atoms with Crippen LogP contribution in [-0.2, 0) is 9.59 Å². The summed E-state index contributed by atoms with van der Waals surface area (Å²) in [4.78, 5) is 24.6. The number of hydrazine groups is 1. The Hall–Kier alpha value is -4.56. The summed E-state index contributed by atoms with van der Waals surface area (Å²) < 4.78 is 0. The van der Waals surface area contributed by atoms with Crippen molar-refractivity contribution in [3.8, 4) is 12.1 Å². The number of nitrogens with zero attached hydrogens (tertiary/aromatic N) is 2. The molecule has 0 unspecified atom stereocenters. The molecule has 0 atom stereocenters. The molecule has 0 heterocycles. The maximum Gasteiger partial charge on any atom is 0.267 e. The van der Waals surface area contributed by atoms with E-state index in [0.29, 0.717) is 11.4 Å². The van der Waals surface area contributed by atoms with Crippen molar-refractivity contribution in [3.63, 3.8) is 0 Å². The van der Waals surface area contributed by atoms with E-state index in [1.54, 1.807) is 36.4 Å². The van der Waals surface area contributed by atoms with Gasteiger partial charge in [-0.2, -0.15) is 10.5 Å². The number of amides is 2. The van der Waals surface area contributed by atoms with Crippen LogP contribution < -0.4 is 21.5 Å². The first-order valence-corrected chi connectivity index (χ1v) is 9.72. The Balaban J connectivity index is 2.00. The third kappa shape index (κ3) is 7.05. The molecule has 2 aromatic rings. The van der Waals surface area contributed by atoms with Crippen molar-refractivity contribution in [2.75, 3.05) is 10.6 Å². The van der Waals surface area contributed by atoms with Crippen LogP contribution in [0.2, 0.25) is 0 Å². The molecule has 2 amide bonds. The number of carbonyl (C=O) groups excluding carboxylic acids is 2. The normalized spacial score (nSPS) is 11.1. The molecule has 8 nitrogen and oxygen atoms in total. The van der Waals surface area contributed by atoms with E-state index in [-0.39, 0.29) is 11.1 Å². The minimum atomic E-state index is -0.594. The minimum absolute atomic E-state index is 0.191. The summed E-state index contributed by atoms with van der Waals surface area (Å²) in [5, 5.41) is 23.8. The zero-order chi connectivity index (χ0) is 23.7. The summed E-state index contributed by atoms with van der Waals surface area (Å²) >= 11 is 0. The van der Waals surface area contributed by atoms with Crippen LogP contribution in [0.4, 0.5) is 11.4 Å². The van der Waals surface area contributed by atoms with Gasteiger partial charge in [0, 0.05) is 23.8 Å². The average Bonchev–Trinajstić information content (AvgIpc) is 2.69. The van der Waals surface area contributed by atoms with E-state index in [2.05, 4.69) is 21.5 Å². The molecule has 0 spiro atoms. The van der Waals surface area contributed by atoms with Crippen LogP contribution in [0.5, 0.6) is 0 Å². The zero-order valence-corrected chi connectivity index (χ0v) is 18.3. The lowest BCUT2D eigenvalue weighted by Gasteiger charge is -2.08. The molecule has 32 heavy (non-hydrogen) atoms. The smallest absolute Gasteiger partial charge is 0.267 e. The molecular formula is C24H24N6O2. The Kier molecular flexibility index (Phi) is 8.15. The molecule has 0 fully saturated rings. The zero-order valence-electron chi connectivity index (χ0n) is 18.3. The Morgan fingerprint density at radius 3 is 1.25 bits per heavy atom. The highest BCUT2D eigenvalue weighted by molar-refractivity contribution is 6.07. The molecule has 0 bridgehead atoms. The Morgan fingerprint density at radius 2 is 0.969 bits per heavy atom.